The first-order valence-electron chi connectivity index (χ1n) is 12.7. The lowest BCUT2D eigenvalue weighted by Crippen LogP contribution is -2.52. The third-order valence-electron chi connectivity index (χ3n) is 7.49. The number of carbonyl (C=O) groups excluding carboxylic acids is 2. The van der Waals surface area contributed by atoms with Gasteiger partial charge in [-0.3, -0.25) is 14.5 Å². The van der Waals surface area contributed by atoms with Crippen molar-refractivity contribution in [3.05, 3.63) is 87.6 Å². The number of hydrogen-bond donors (Lipinski definition) is 2. The number of aryl methyl sites for hydroxylation is 1. The molecular weight excluding hydrogens is 547 g/mol. The van der Waals surface area contributed by atoms with Gasteiger partial charge < -0.3 is 11.1 Å². The van der Waals surface area contributed by atoms with Gasteiger partial charge in [0, 0.05) is 34.7 Å². The second kappa shape index (κ2) is 9.28. The zero-order valence-electron chi connectivity index (χ0n) is 22.0. The number of nitrogens with one attached hydrogen (secondary N) is 1. The second-order valence-corrected chi connectivity index (χ2v) is 13.2. The highest BCUT2D eigenvalue weighted by atomic mass is 32.2. The summed E-state index contributed by atoms with van der Waals surface area (Å²) in [6, 6.07) is 14.2. The van der Waals surface area contributed by atoms with E-state index in [4.69, 9.17) is 5.73 Å². The Bertz CT molecular complexity index is 1720. The van der Waals surface area contributed by atoms with Gasteiger partial charge in [-0.1, -0.05) is 66.8 Å². The maximum Gasteiger partial charge on any atom is 0.245 e. The Hall–Kier alpha value is -4.01. The SMILES string of the molecule is Cc1cccc(CSc2nnc(N3C(N)=C(C#N)[C@]4(C(=O)Nc5ccc(F)cc54)C4=C3CC(C)(C)CC4=O)s2)c1. The van der Waals surface area contributed by atoms with E-state index in [0.29, 0.717) is 33.0 Å². The highest BCUT2D eigenvalue weighted by Crippen LogP contribution is 2.57. The molecular formula is C29H25FN6O2S2. The zero-order valence-corrected chi connectivity index (χ0v) is 23.7. The van der Waals surface area contributed by atoms with Crippen molar-refractivity contribution in [3.63, 3.8) is 0 Å². The Morgan fingerprint density at radius 3 is 2.75 bits per heavy atom. The number of benzene rings is 2. The molecule has 11 heteroatoms. The first-order chi connectivity index (χ1) is 19.0. The van der Waals surface area contributed by atoms with E-state index in [0.717, 1.165) is 5.56 Å². The van der Waals surface area contributed by atoms with Gasteiger partial charge in [-0.25, -0.2) is 4.39 Å². The van der Waals surface area contributed by atoms with E-state index in [1.54, 1.807) is 4.90 Å². The third kappa shape index (κ3) is 3.93. The summed E-state index contributed by atoms with van der Waals surface area (Å²) in [4.78, 5) is 29.3. The largest absolute Gasteiger partial charge is 0.384 e. The van der Waals surface area contributed by atoms with Crippen LogP contribution in [0.25, 0.3) is 0 Å². The number of amides is 1. The second-order valence-electron chi connectivity index (χ2n) is 11.0. The maximum absolute atomic E-state index is 14.6. The van der Waals surface area contributed by atoms with Crippen LogP contribution in [0.5, 0.6) is 0 Å². The Balaban J connectivity index is 1.50. The van der Waals surface area contributed by atoms with Crippen LogP contribution in [0.3, 0.4) is 0 Å². The molecule has 0 saturated heterocycles. The molecule has 3 aromatic rings. The fourth-order valence-corrected chi connectivity index (χ4v) is 7.73. The molecule has 0 saturated carbocycles. The lowest BCUT2D eigenvalue weighted by molar-refractivity contribution is -0.123. The van der Waals surface area contributed by atoms with Crippen LogP contribution in [0.1, 0.15) is 43.4 Å². The van der Waals surface area contributed by atoms with Gasteiger partial charge in [0.2, 0.25) is 11.0 Å². The molecule has 1 aliphatic carbocycles. The van der Waals surface area contributed by atoms with Crippen LogP contribution in [0, 0.1) is 29.5 Å². The van der Waals surface area contributed by atoms with Gasteiger partial charge in [-0.05, 0) is 42.5 Å². The predicted octanol–water partition coefficient (Wildman–Crippen LogP) is 5.33. The molecule has 40 heavy (non-hydrogen) atoms. The van der Waals surface area contributed by atoms with Gasteiger partial charge >= 0.3 is 0 Å². The molecule has 8 nitrogen and oxygen atoms in total. The lowest BCUT2D eigenvalue weighted by atomic mass is 9.61. The molecule has 3 aliphatic rings. The monoisotopic (exact) mass is 572 g/mol. The molecule has 0 fully saturated rings. The summed E-state index contributed by atoms with van der Waals surface area (Å²) >= 11 is 2.82. The number of anilines is 2. The van der Waals surface area contributed by atoms with Crippen molar-refractivity contribution >= 4 is 45.6 Å². The van der Waals surface area contributed by atoms with Crippen molar-refractivity contribution in [1.82, 2.24) is 10.2 Å². The number of fused-ring (bicyclic) bond motifs is 3. The molecule has 1 amide bonds. The number of nitrogens with zero attached hydrogens (tertiary/aromatic N) is 4. The van der Waals surface area contributed by atoms with Crippen molar-refractivity contribution in [1.29, 1.82) is 5.26 Å². The van der Waals surface area contributed by atoms with Gasteiger partial charge in [0.15, 0.2) is 10.1 Å². The number of thioether (sulfide) groups is 1. The first-order valence-corrected chi connectivity index (χ1v) is 14.5. The van der Waals surface area contributed by atoms with Gasteiger partial charge in [0.05, 0.1) is 5.57 Å². The Kier molecular flexibility index (Phi) is 6.09. The van der Waals surface area contributed by atoms with E-state index in [1.807, 2.05) is 39.0 Å². The van der Waals surface area contributed by atoms with Crippen LogP contribution in [-0.4, -0.2) is 21.9 Å². The average molecular weight is 573 g/mol. The summed E-state index contributed by atoms with van der Waals surface area (Å²) in [5, 5.41) is 22.3. The van der Waals surface area contributed by atoms with Crippen LogP contribution >= 0.6 is 23.1 Å². The number of halogens is 1. The molecule has 2 aliphatic heterocycles. The Morgan fingerprint density at radius 1 is 1.20 bits per heavy atom. The number of nitrogens with two attached hydrogens (primary N) is 1. The number of ketones is 1. The molecule has 3 heterocycles. The number of rotatable bonds is 4. The summed E-state index contributed by atoms with van der Waals surface area (Å²) < 4.78 is 15.3. The zero-order chi connectivity index (χ0) is 28.4. The minimum absolute atomic E-state index is 0.0228. The molecule has 2 aromatic carbocycles. The van der Waals surface area contributed by atoms with E-state index >= 15 is 0 Å². The van der Waals surface area contributed by atoms with Crippen molar-refractivity contribution in [2.75, 3.05) is 10.2 Å². The van der Waals surface area contributed by atoms with Gasteiger partial charge in [0.25, 0.3) is 0 Å². The quantitative estimate of drug-likeness (QED) is 0.402. The number of allylic oxidation sites excluding steroid dienone is 1. The Labute approximate surface area is 238 Å². The fraction of sp³-hybridized carbons (Fsp3) is 0.276. The summed E-state index contributed by atoms with van der Waals surface area (Å²) in [5.74, 6) is -0.804. The van der Waals surface area contributed by atoms with Crippen molar-refractivity contribution in [3.8, 4) is 6.07 Å². The minimum Gasteiger partial charge on any atom is -0.384 e. The van der Waals surface area contributed by atoms with Gasteiger partial charge in [-0.2, -0.15) is 5.26 Å². The molecule has 1 atom stereocenters. The number of hydrogen-bond acceptors (Lipinski definition) is 9. The minimum atomic E-state index is -1.84. The van der Waals surface area contributed by atoms with E-state index < -0.39 is 22.6 Å². The van der Waals surface area contributed by atoms with E-state index in [1.165, 1.54) is 46.9 Å². The molecule has 1 spiro atoms. The van der Waals surface area contributed by atoms with Gasteiger partial charge in [-0.15, -0.1) is 10.2 Å². The molecule has 0 unspecified atom stereocenters. The molecule has 0 bridgehead atoms. The number of nitriles is 1. The van der Waals surface area contributed by atoms with Crippen LogP contribution in [0.2, 0.25) is 0 Å². The van der Waals surface area contributed by atoms with Crippen LogP contribution < -0.4 is 16.0 Å². The normalized spacial score (nSPS) is 21.4. The van der Waals surface area contributed by atoms with E-state index in [9.17, 15) is 19.2 Å². The van der Waals surface area contributed by atoms with Crippen LogP contribution in [-0.2, 0) is 20.8 Å². The highest BCUT2D eigenvalue weighted by Gasteiger charge is 2.61. The highest BCUT2D eigenvalue weighted by molar-refractivity contribution is 8.00. The topological polar surface area (TPSA) is 125 Å². The number of carbonyl (C=O) groups is 2. The van der Waals surface area contributed by atoms with Crippen molar-refractivity contribution in [2.45, 2.75) is 49.1 Å². The molecule has 6 rings (SSSR count). The molecule has 1 aromatic heterocycles. The lowest BCUT2D eigenvalue weighted by Gasteiger charge is -2.45. The van der Waals surface area contributed by atoms with Crippen molar-refractivity contribution in [2.24, 2.45) is 11.1 Å². The van der Waals surface area contributed by atoms with E-state index in [2.05, 4.69) is 27.6 Å². The summed E-state index contributed by atoms with van der Waals surface area (Å²) in [6.45, 7) is 5.97. The summed E-state index contributed by atoms with van der Waals surface area (Å²) in [5.41, 5.74) is 7.77. The molecule has 202 valence electrons. The average Bonchev–Trinajstić information content (AvgIpc) is 3.45. The van der Waals surface area contributed by atoms with Gasteiger partial charge in [0.1, 0.15) is 23.1 Å². The first kappa shape index (κ1) is 26.2. The number of Topliss-reactive ketones (excluding diaryl/α,β-unsaturated/α-hetero) is 1. The number of aromatic nitrogens is 2. The smallest absolute Gasteiger partial charge is 0.245 e. The van der Waals surface area contributed by atoms with Crippen LogP contribution in [0.15, 0.2) is 69.5 Å². The predicted molar refractivity (Wildman–Crippen MR) is 152 cm³/mol. The van der Waals surface area contributed by atoms with Crippen LogP contribution in [0.4, 0.5) is 15.2 Å². The van der Waals surface area contributed by atoms with Crippen molar-refractivity contribution < 1.29 is 14.0 Å². The molecule has 3 N–H and O–H groups in total. The fourth-order valence-electron chi connectivity index (χ4n) is 5.91. The van der Waals surface area contributed by atoms with E-state index in [-0.39, 0.29) is 34.7 Å². The summed E-state index contributed by atoms with van der Waals surface area (Å²) in [6.07, 6.45) is 0.546. The Morgan fingerprint density at radius 2 is 2.00 bits per heavy atom. The summed E-state index contributed by atoms with van der Waals surface area (Å²) in [7, 11) is 0. The third-order valence-corrected chi connectivity index (χ3v) is 9.60. The molecule has 0 radical (unpaired) electrons. The standard InChI is InChI=1S/C29H25FN6O2S2/c1-15-5-4-6-16(9-15)14-39-27-35-34-26(40-27)36-21-11-28(2,3)12-22(37)23(21)29(19(13-31)24(36)32)18-10-17(30)7-8-20(18)33-25(29)38/h4-10H,11-12,14,32H2,1-3H3,(H,33,38)/t29-/m0/s1. The maximum atomic E-state index is 14.6.